The first-order valence-electron chi connectivity index (χ1n) is 6.14. The highest BCUT2D eigenvalue weighted by Crippen LogP contribution is 2.29. The van der Waals surface area contributed by atoms with Crippen molar-refractivity contribution in [3.63, 3.8) is 0 Å². The summed E-state index contributed by atoms with van der Waals surface area (Å²) >= 11 is 0. The zero-order valence-corrected chi connectivity index (χ0v) is 10.1. The first-order chi connectivity index (χ1) is 8.27. The van der Waals surface area contributed by atoms with Crippen molar-refractivity contribution in [1.29, 1.82) is 0 Å². The van der Waals surface area contributed by atoms with Crippen molar-refractivity contribution in [2.45, 2.75) is 32.2 Å². The molecule has 0 aromatic carbocycles. The molecule has 3 N–H and O–H groups in total. The minimum Gasteiger partial charge on any atom is -0.334 e. The van der Waals surface area contributed by atoms with Crippen molar-refractivity contribution in [2.75, 3.05) is 13.1 Å². The molecule has 17 heavy (non-hydrogen) atoms. The van der Waals surface area contributed by atoms with Crippen molar-refractivity contribution in [3.05, 3.63) is 11.9 Å². The monoisotopic (exact) mass is 237 g/mol. The number of aromatic amines is 1. The number of amides is 1. The van der Waals surface area contributed by atoms with E-state index in [0.29, 0.717) is 24.7 Å². The van der Waals surface area contributed by atoms with E-state index in [0.717, 1.165) is 19.3 Å². The fourth-order valence-corrected chi connectivity index (χ4v) is 2.68. The van der Waals surface area contributed by atoms with Crippen LogP contribution in [0.25, 0.3) is 0 Å². The van der Waals surface area contributed by atoms with E-state index in [2.05, 4.69) is 15.4 Å². The Hall–Kier alpha value is -1.43. The largest absolute Gasteiger partial charge is 0.334 e. The number of carbonyl (C=O) groups is 1. The molecule has 0 saturated heterocycles. The van der Waals surface area contributed by atoms with Gasteiger partial charge in [-0.05, 0) is 32.2 Å². The molecule has 1 aromatic heterocycles. The number of H-pyrrole nitrogens is 1. The number of hydrogen-bond donors (Lipinski definition) is 2. The number of rotatable bonds is 4. The van der Waals surface area contributed by atoms with Crippen molar-refractivity contribution >= 4 is 5.91 Å². The van der Waals surface area contributed by atoms with Gasteiger partial charge in [-0.1, -0.05) is 6.42 Å². The van der Waals surface area contributed by atoms with E-state index >= 15 is 0 Å². The van der Waals surface area contributed by atoms with Gasteiger partial charge < -0.3 is 10.6 Å². The molecule has 2 rings (SSSR count). The Balaban J connectivity index is 2.13. The van der Waals surface area contributed by atoms with Gasteiger partial charge in [-0.3, -0.25) is 4.79 Å². The average Bonchev–Trinajstić information content (AvgIpc) is 3.01. The van der Waals surface area contributed by atoms with Crippen molar-refractivity contribution in [2.24, 2.45) is 11.7 Å². The number of carbonyl (C=O) groups excluding carboxylic acids is 1. The fraction of sp³-hybridized carbons (Fsp3) is 0.727. The van der Waals surface area contributed by atoms with Crippen LogP contribution >= 0.6 is 0 Å². The van der Waals surface area contributed by atoms with Gasteiger partial charge in [0.15, 0.2) is 5.69 Å². The molecule has 1 amide bonds. The molecule has 2 atom stereocenters. The predicted octanol–water partition coefficient (Wildman–Crippen LogP) is 0.394. The normalized spacial score (nSPS) is 23.9. The Morgan fingerprint density at radius 1 is 1.65 bits per heavy atom. The first-order valence-corrected chi connectivity index (χ1v) is 6.14. The molecule has 6 nitrogen and oxygen atoms in total. The number of hydrogen-bond acceptors (Lipinski definition) is 4. The van der Waals surface area contributed by atoms with Crippen LogP contribution in [-0.2, 0) is 0 Å². The molecular formula is C11H19N5O. The summed E-state index contributed by atoms with van der Waals surface area (Å²) in [5, 5.41) is 10.00. The predicted molar refractivity (Wildman–Crippen MR) is 63.3 cm³/mol. The molecule has 6 heteroatoms. The van der Waals surface area contributed by atoms with E-state index < -0.39 is 0 Å². The van der Waals surface area contributed by atoms with Gasteiger partial charge >= 0.3 is 0 Å². The Morgan fingerprint density at radius 3 is 3.06 bits per heavy atom. The summed E-state index contributed by atoms with van der Waals surface area (Å²) in [6.07, 6.45) is 4.77. The number of nitrogens with one attached hydrogen (secondary N) is 1. The van der Waals surface area contributed by atoms with E-state index in [-0.39, 0.29) is 11.9 Å². The molecule has 1 aliphatic carbocycles. The zero-order chi connectivity index (χ0) is 12.3. The summed E-state index contributed by atoms with van der Waals surface area (Å²) in [5.41, 5.74) is 6.15. The Bertz CT molecular complexity index is 364. The minimum atomic E-state index is -0.0494. The van der Waals surface area contributed by atoms with Crippen LogP contribution in [-0.4, -0.2) is 45.3 Å². The molecule has 94 valence electrons. The third-order valence-electron chi connectivity index (χ3n) is 3.56. The molecule has 0 radical (unpaired) electrons. The maximum Gasteiger partial charge on any atom is 0.276 e. The third-order valence-corrected chi connectivity index (χ3v) is 3.56. The molecule has 0 bridgehead atoms. The van der Waals surface area contributed by atoms with E-state index in [1.807, 2.05) is 11.8 Å². The van der Waals surface area contributed by atoms with E-state index in [1.165, 1.54) is 6.20 Å². The van der Waals surface area contributed by atoms with Crippen molar-refractivity contribution < 1.29 is 4.79 Å². The summed E-state index contributed by atoms with van der Waals surface area (Å²) in [7, 11) is 0. The minimum absolute atomic E-state index is 0.0494. The highest BCUT2D eigenvalue weighted by atomic mass is 16.2. The third kappa shape index (κ3) is 2.31. The van der Waals surface area contributed by atoms with Gasteiger partial charge in [0.25, 0.3) is 5.91 Å². The number of aromatic nitrogens is 3. The fourth-order valence-electron chi connectivity index (χ4n) is 2.68. The SMILES string of the molecule is CCN(C(=O)c1cn[nH]n1)C1CCCC1CN. The lowest BCUT2D eigenvalue weighted by Gasteiger charge is -2.31. The summed E-state index contributed by atoms with van der Waals surface area (Å²) in [6.45, 7) is 3.32. The highest BCUT2D eigenvalue weighted by molar-refractivity contribution is 5.92. The molecule has 0 spiro atoms. The maximum atomic E-state index is 12.2. The smallest absolute Gasteiger partial charge is 0.276 e. The van der Waals surface area contributed by atoms with Gasteiger partial charge in [-0.25, -0.2) is 0 Å². The number of nitrogens with zero attached hydrogens (tertiary/aromatic N) is 3. The molecule has 1 aromatic rings. The van der Waals surface area contributed by atoms with Crippen LogP contribution < -0.4 is 5.73 Å². The molecular weight excluding hydrogens is 218 g/mol. The Morgan fingerprint density at radius 2 is 2.47 bits per heavy atom. The molecule has 1 saturated carbocycles. The summed E-state index contributed by atoms with van der Waals surface area (Å²) in [5.74, 6) is 0.373. The standard InChI is InChI=1S/C11H19N5O/c1-2-16(10-5-3-4-8(10)6-12)11(17)9-7-13-15-14-9/h7-8,10H,2-6,12H2,1H3,(H,13,14,15). The van der Waals surface area contributed by atoms with Crippen molar-refractivity contribution in [3.8, 4) is 0 Å². The van der Waals surface area contributed by atoms with Crippen LogP contribution in [0.2, 0.25) is 0 Å². The second kappa shape index (κ2) is 5.27. The van der Waals surface area contributed by atoms with Crippen LogP contribution in [0.1, 0.15) is 36.7 Å². The van der Waals surface area contributed by atoms with Gasteiger partial charge in [0.05, 0.1) is 6.20 Å². The van der Waals surface area contributed by atoms with Crippen LogP contribution in [0.5, 0.6) is 0 Å². The quantitative estimate of drug-likeness (QED) is 0.793. The summed E-state index contributed by atoms with van der Waals surface area (Å²) < 4.78 is 0. The van der Waals surface area contributed by atoms with Crippen molar-refractivity contribution in [1.82, 2.24) is 20.3 Å². The second-order valence-electron chi connectivity index (χ2n) is 4.44. The van der Waals surface area contributed by atoms with Gasteiger partial charge in [0.1, 0.15) is 0 Å². The Labute approximate surface area is 101 Å². The van der Waals surface area contributed by atoms with Crippen LogP contribution in [0.15, 0.2) is 6.20 Å². The second-order valence-corrected chi connectivity index (χ2v) is 4.44. The van der Waals surface area contributed by atoms with Crippen LogP contribution in [0.4, 0.5) is 0 Å². The van der Waals surface area contributed by atoms with Gasteiger partial charge in [-0.15, -0.1) is 0 Å². The number of nitrogens with two attached hydrogens (primary N) is 1. The van der Waals surface area contributed by atoms with Gasteiger partial charge in [-0.2, -0.15) is 15.4 Å². The molecule has 1 fully saturated rings. The highest BCUT2D eigenvalue weighted by Gasteiger charge is 2.34. The molecule has 1 aliphatic rings. The van der Waals surface area contributed by atoms with E-state index in [1.54, 1.807) is 0 Å². The van der Waals surface area contributed by atoms with Gasteiger partial charge in [0.2, 0.25) is 0 Å². The van der Waals surface area contributed by atoms with E-state index in [4.69, 9.17) is 5.73 Å². The summed E-state index contributed by atoms with van der Waals surface area (Å²) in [4.78, 5) is 14.1. The lowest BCUT2D eigenvalue weighted by atomic mass is 10.0. The lowest BCUT2D eigenvalue weighted by Crippen LogP contribution is -2.44. The first kappa shape index (κ1) is 12.0. The van der Waals surface area contributed by atoms with Crippen LogP contribution in [0.3, 0.4) is 0 Å². The maximum absolute atomic E-state index is 12.2. The van der Waals surface area contributed by atoms with E-state index in [9.17, 15) is 4.79 Å². The molecule has 1 heterocycles. The molecule has 0 aliphatic heterocycles. The Kier molecular flexibility index (Phi) is 3.73. The topological polar surface area (TPSA) is 87.9 Å². The van der Waals surface area contributed by atoms with Gasteiger partial charge in [0, 0.05) is 12.6 Å². The molecule has 2 unspecified atom stereocenters. The summed E-state index contributed by atoms with van der Waals surface area (Å²) in [6, 6.07) is 0.259. The van der Waals surface area contributed by atoms with Crippen LogP contribution in [0, 0.1) is 5.92 Å². The lowest BCUT2D eigenvalue weighted by molar-refractivity contribution is 0.0646. The average molecular weight is 237 g/mol. The zero-order valence-electron chi connectivity index (χ0n) is 10.1.